The Morgan fingerprint density at radius 1 is 0.903 bits per heavy atom. The average Bonchev–Trinajstić information content (AvgIpc) is 2.78. The molecule has 6 heteroatoms. The van der Waals surface area contributed by atoms with E-state index in [-0.39, 0.29) is 34.1 Å². The van der Waals surface area contributed by atoms with Crippen LogP contribution in [-0.4, -0.2) is 36.1 Å². The van der Waals surface area contributed by atoms with Crippen molar-refractivity contribution in [3.63, 3.8) is 0 Å². The van der Waals surface area contributed by atoms with Gasteiger partial charge in [-0.1, -0.05) is 69.0 Å². The molecule has 0 aliphatic heterocycles. The SMILES string of the molecule is CCCCCC[C@@H](C)NC(=O)COC(=O)c1cccc2c1C(=O)c1ccccc1C2=O. The highest BCUT2D eigenvalue weighted by Gasteiger charge is 2.33. The van der Waals surface area contributed by atoms with Crippen LogP contribution in [0.5, 0.6) is 0 Å². The lowest BCUT2D eigenvalue weighted by Crippen LogP contribution is -2.36. The molecule has 31 heavy (non-hydrogen) atoms. The van der Waals surface area contributed by atoms with E-state index in [1.807, 2.05) is 6.92 Å². The molecule has 0 unspecified atom stereocenters. The lowest BCUT2D eigenvalue weighted by atomic mass is 9.82. The van der Waals surface area contributed by atoms with Gasteiger partial charge < -0.3 is 10.1 Å². The lowest BCUT2D eigenvalue weighted by molar-refractivity contribution is -0.124. The smallest absolute Gasteiger partial charge is 0.339 e. The van der Waals surface area contributed by atoms with E-state index >= 15 is 0 Å². The molecular formula is C25H27NO5. The van der Waals surface area contributed by atoms with Crippen LogP contribution < -0.4 is 5.32 Å². The Morgan fingerprint density at radius 3 is 2.29 bits per heavy atom. The number of esters is 1. The minimum atomic E-state index is -0.803. The Morgan fingerprint density at radius 2 is 1.58 bits per heavy atom. The number of unbranched alkanes of at least 4 members (excludes halogenated alkanes) is 3. The largest absolute Gasteiger partial charge is 0.452 e. The van der Waals surface area contributed by atoms with Crippen LogP contribution in [0, 0.1) is 0 Å². The van der Waals surface area contributed by atoms with Crippen LogP contribution in [0.1, 0.15) is 88.2 Å². The van der Waals surface area contributed by atoms with Gasteiger partial charge in [-0.15, -0.1) is 0 Å². The van der Waals surface area contributed by atoms with Crippen molar-refractivity contribution in [2.75, 3.05) is 6.61 Å². The number of carbonyl (C=O) groups excluding carboxylic acids is 4. The Bertz CT molecular complexity index is 1010. The summed E-state index contributed by atoms with van der Waals surface area (Å²) >= 11 is 0. The van der Waals surface area contributed by atoms with Crippen molar-refractivity contribution >= 4 is 23.4 Å². The molecule has 2 aromatic carbocycles. The maximum absolute atomic E-state index is 13.0. The van der Waals surface area contributed by atoms with Gasteiger partial charge in [0.2, 0.25) is 0 Å². The predicted octanol–water partition coefficient (Wildman–Crippen LogP) is 4.09. The first-order valence-corrected chi connectivity index (χ1v) is 10.7. The number of ketones is 2. The van der Waals surface area contributed by atoms with Crippen molar-refractivity contribution < 1.29 is 23.9 Å². The second-order valence-corrected chi connectivity index (χ2v) is 7.83. The van der Waals surface area contributed by atoms with E-state index in [0.717, 1.165) is 25.7 Å². The van der Waals surface area contributed by atoms with Gasteiger partial charge in [-0.2, -0.15) is 0 Å². The van der Waals surface area contributed by atoms with Gasteiger partial charge in [0.25, 0.3) is 5.91 Å². The van der Waals surface area contributed by atoms with Gasteiger partial charge in [-0.3, -0.25) is 14.4 Å². The number of amides is 1. The molecule has 0 radical (unpaired) electrons. The van der Waals surface area contributed by atoms with E-state index in [1.165, 1.54) is 24.6 Å². The van der Waals surface area contributed by atoms with Crippen LogP contribution in [0.2, 0.25) is 0 Å². The normalized spacial score (nSPS) is 13.2. The molecule has 1 aliphatic carbocycles. The lowest BCUT2D eigenvalue weighted by Gasteiger charge is -2.19. The van der Waals surface area contributed by atoms with E-state index in [4.69, 9.17) is 4.74 Å². The molecule has 1 atom stereocenters. The van der Waals surface area contributed by atoms with Gasteiger partial charge in [0, 0.05) is 28.3 Å². The standard InChI is InChI=1S/C25H27NO5/c1-3-4-5-6-10-16(2)26-21(27)15-31-25(30)20-14-9-13-19-22(20)24(29)18-12-8-7-11-17(18)23(19)28/h7-9,11-14,16H,3-6,10,15H2,1-2H3,(H,26,27)/t16-/m1/s1. The zero-order valence-corrected chi connectivity index (χ0v) is 17.9. The second kappa shape index (κ2) is 10.2. The number of ether oxygens (including phenoxy) is 1. The molecule has 0 spiro atoms. The number of carbonyl (C=O) groups is 4. The van der Waals surface area contributed by atoms with Crippen molar-refractivity contribution in [3.8, 4) is 0 Å². The summed E-state index contributed by atoms with van der Waals surface area (Å²) in [6, 6.07) is 11.0. The summed E-state index contributed by atoms with van der Waals surface area (Å²) in [4.78, 5) is 50.5. The number of nitrogens with one attached hydrogen (secondary N) is 1. The summed E-state index contributed by atoms with van der Waals surface area (Å²) in [5.74, 6) is -1.91. The first kappa shape index (κ1) is 22.4. The van der Waals surface area contributed by atoms with Crippen molar-refractivity contribution in [3.05, 3.63) is 70.3 Å². The number of rotatable bonds is 9. The van der Waals surface area contributed by atoms with Crippen LogP contribution in [0.3, 0.4) is 0 Å². The summed E-state index contributed by atoms with van der Waals surface area (Å²) in [6.45, 7) is 3.62. The van der Waals surface area contributed by atoms with Crippen molar-refractivity contribution in [1.82, 2.24) is 5.32 Å². The van der Waals surface area contributed by atoms with Gasteiger partial charge in [0.05, 0.1) is 5.56 Å². The summed E-state index contributed by atoms with van der Waals surface area (Å²) in [5.41, 5.74) is 0.766. The van der Waals surface area contributed by atoms with Gasteiger partial charge in [-0.25, -0.2) is 4.79 Å². The third-order valence-electron chi connectivity index (χ3n) is 5.40. The van der Waals surface area contributed by atoms with Crippen LogP contribution in [0.25, 0.3) is 0 Å². The number of benzene rings is 2. The Balaban J connectivity index is 1.65. The molecule has 1 N–H and O–H groups in total. The predicted molar refractivity (Wildman–Crippen MR) is 116 cm³/mol. The van der Waals surface area contributed by atoms with Gasteiger partial charge in [0.15, 0.2) is 18.2 Å². The highest BCUT2D eigenvalue weighted by Crippen LogP contribution is 2.29. The average molecular weight is 421 g/mol. The summed E-state index contributed by atoms with van der Waals surface area (Å²) in [6.07, 6.45) is 5.34. The van der Waals surface area contributed by atoms with Gasteiger partial charge >= 0.3 is 5.97 Å². The van der Waals surface area contributed by atoms with E-state index in [1.54, 1.807) is 24.3 Å². The molecule has 0 aromatic heterocycles. The van der Waals surface area contributed by atoms with Gasteiger partial charge in [0.1, 0.15) is 0 Å². The fourth-order valence-corrected chi connectivity index (χ4v) is 3.79. The topological polar surface area (TPSA) is 89.5 Å². The molecule has 1 amide bonds. The maximum Gasteiger partial charge on any atom is 0.339 e. The molecular weight excluding hydrogens is 394 g/mol. The second-order valence-electron chi connectivity index (χ2n) is 7.83. The maximum atomic E-state index is 13.0. The number of hydrogen-bond acceptors (Lipinski definition) is 5. The summed E-state index contributed by atoms with van der Waals surface area (Å²) in [7, 11) is 0. The quantitative estimate of drug-likeness (QED) is 0.415. The van der Waals surface area contributed by atoms with E-state index < -0.39 is 24.3 Å². The first-order valence-electron chi connectivity index (χ1n) is 10.7. The van der Waals surface area contributed by atoms with E-state index in [2.05, 4.69) is 12.2 Å². The van der Waals surface area contributed by atoms with Crippen molar-refractivity contribution in [2.45, 2.75) is 52.0 Å². The molecule has 3 rings (SSSR count). The first-order chi connectivity index (χ1) is 14.9. The third kappa shape index (κ3) is 5.08. The highest BCUT2D eigenvalue weighted by atomic mass is 16.5. The van der Waals surface area contributed by atoms with Crippen LogP contribution in [0.15, 0.2) is 42.5 Å². The fraction of sp³-hybridized carbons (Fsp3) is 0.360. The molecule has 6 nitrogen and oxygen atoms in total. The molecule has 162 valence electrons. The zero-order valence-electron chi connectivity index (χ0n) is 17.9. The summed E-state index contributed by atoms with van der Waals surface area (Å²) < 4.78 is 5.16. The monoisotopic (exact) mass is 421 g/mol. The zero-order chi connectivity index (χ0) is 22.4. The molecule has 1 aliphatic rings. The molecule has 0 fully saturated rings. The third-order valence-corrected chi connectivity index (χ3v) is 5.40. The van der Waals surface area contributed by atoms with Crippen LogP contribution >= 0.6 is 0 Å². The fourth-order valence-electron chi connectivity index (χ4n) is 3.79. The Labute approximate surface area is 182 Å². The number of fused-ring (bicyclic) bond motifs is 2. The molecule has 0 saturated carbocycles. The van der Waals surface area contributed by atoms with Crippen molar-refractivity contribution in [1.29, 1.82) is 0 Å². The molecule has 0 bridgehead atoms. The van der Waals surface area contributed by atoms with E-state index in [9.17, 15) is 19.2 Å². The molecule has 0 saturated heterocycles. The minimum absolute atomic E-state index is 0.00855. The highest BCUT2D eigenvalue weighted by molar-refractivity contribution is 6.30. The van der Waals surface area contributed by atoms with Crippen molar-refractivity contribution in [2.24, 2.45) is 0 Å². The number of hydrogen-bond donors (Lipinski definition) is 1. The summed E-state index contributed by atoms with van der Waals surface area (Å²) in [5, 5.41) is 2.82. The Hall–Kier alpha value is -3.28. The molecule has 2 aromatic rings. The van der Waals surface area contributed by atoms with Gasteiger partial charge in [-0.05, 0) is 19.4 Å². The Kier molecular flexibility index (Phi) is 7.34. The van der Waals surface area contributed by atoms with Crippen LogP contribution in [0.4, 0.5) is 0 Å². The van der Waals surface area contributed by atoms with Crippen LogP contribution in [-0.2, 0) is 9.53 Å². The molecule has 0 heterocycles. The minimum Gasteiger partial charge on any atom is -0.452 e. The van der Waals surface area contributed by atoms with E-state index in [0.29, 0.717) is 5.56 Å².